The molecular weight excluding hydrogens is 321 g/mol. The van der Waals surface area contributed by atoms with Gasteiger partial charge in [0.1, 0.15) is 11.4 Å². The van der Waals surface area contributed by atoms with Gasteiger partial charge in [0.15, 0.2) is 6.20 Å². The average molecular weight is 328 g/mol. The van der Waals surface area contributed by atoms with Gasteiger partial charge in [-0.3, -0.25) is 4.79 Å². The monoisotopic (exact) mass is 327 g/mol. The van der Waals surface area contributed by atoms with Crippen LogP contribution in [0.25, 0.3) is 0 Å². The van der Waals surface area contributed by atoms with Crippen molar-refractivity contribution in [1.82, 2.24) is 4.98 Å². The topological polar surface area (TPSA) is 105 Å². The fraction of sp³-hybridized carbons (Fsp3) is 0. The van der Waals surface area contributed by atoms with Gasteiger partial charge in [-0.2, -0.15) is 0 Å². The highest BCUT2D eigenvalue weighted by atomic mass is 35.5. The first-order valence-corrected chi connectivity index (χ1v) is 6.24. The standard InChI is InChI=1S/C12H7Cl2N3O4/c13-6-1-2-10(18)7(3-6)12(19)16-9-5-15-11(17(20)21)4-8(9)14/h1-5,18H,(H,16,19). The molecule has 0 aliphatic heterocycles. The predicted octanol–water partition coefficient (Wildman–Crippen LogP) is 3.25. The average Bonchev–Trinajstić information content (AvgIpc) is 2.43. The molecule has 2 aromatic rings. The number of carbonyl (C=O) groups excluding carboxylic acids is 1. The molecule has 0 aliphatic carbocycles. The number of anilines is 1. The fourth-order valence-electron chi connectivity index (χ4n) is 1.49. The second kappa shape index (κ2) is 5.94. The van der Waals surface area contributed by atoms with Crippen LogP contribution < -0.4 is 5.32 Å². The van der Waals surface area contributed by atoms with Crippen molar-refractivity contribution in [1.29, 1.82) is 0 Å². The number of hydrogen-bond donors (Lipinski definition) is 2. The molecule has 1 heterocycles. The van der Waals surface area contributed by atoms with Gasteiger partial charge in [0.05, 0.1) is 16.7 Å². The highest BCUT2D eigenvalue weighted by molar-refractivity contribution is 6.34. The molecule has 2 rings (SSSR count). The van der Waals surface area contributed by atoms with Crippen LogP contribution in [0.4, 0.5) is 11.5 Å². The van der Waals surface area contributed by atoms with E-state index < -0.39 is 16.6 Å². The molecule has 0 saturated heterocycles. The maximum atomic E-state index is 12.0. The number of pyridine rings is 1. The molecule has 7 nitrogen and oxygen atoms in total. The number of phenolic OH excluding ortho intramolecular Hbond substituents is 1. The molecule has 0 spiro atoms. The third-order valence-electron chi connectivity index (χ3n) is 2.48. The molecule has 0 unspecified atom stereocenters. The Bertz CT molecular complexity index is 736. The Morgan fingerprint density at radius 1 is 1.33 bits per heavy atom. The summed E-state index contributed by atoms with van der Waals surface area (Å²) in [6, 6.07) is 4.98. The predicted molar refractivity (Wildman–Crippen MR) is 77.0 cm³/mol. The van der Waals surface area contributed by atoms with E-state index in [0.717, 1.165) is 12.3 Å². The van der Waals surface area contributed by atoms with Crippen molar-refractivity contribution < 1.29 is 14.8 Å². The van der Waals surface area contributed by atoms with Crippen molar-refractivity contribution in [2.75, 3.05) is 5.32 Å². The number of carbonyl (C=O) groups is 1. The summed E-state index contributed by atoms with van der Waals surface area (Å²) in [5.41, 5.74) is 0.0172. The van der Waals surface area contributed by atoms with Gasteiger partial charge in [-0.1, -0.05) is 23.2 Å². The summed E-state index contributed by atoms with van der Waals surface area (Å²) in [5, 5.41) is 22.8. The lowest BCUT2D eigenvalue weighted by molar-refractivity contribution is -0.389. The van der Waals surface area contributed by atoms with E-state index in [1.807, 2.05) is 0 Å². The SMILES string of the molecule is O=C(Nc1cnc([N+](=O)[O-])cc1Cl)c1cc(Cl)ccc1O. The molecule has 108 valence electrons. The van der Waals surface area contributed by atoms with Crippen molar-refractivity contribution in [2.45, 2.75) is 0 Å². The summed E-state index contributed by atoms with van der Waals surface area (Å²) in [5.74, 6) is -1.38. The van der Waals surface area contributed by atoms with Crippen LogP contribution in [0.2, 0.25) is 10.0 Å². The summed E-state index contributed by atoms with van der Waals surface area (Å²) in [6.45, 7) is 0. The quantitative estimate of drug-likeness (QED) is 0.664. The lowest BCUT2D eigenvalue weighted by atomic mass is 10.2. The number of hydrogen-bond acceptors (Lipinski definition) is 5. The highest BCUT2D eigenvalue weighted by Gasteiger charge is 2.17. The van der Waals surface area contributed by atoms with Crippen LogP contribution in [0.5, 0.6) is 5.75 Å². The summed E-state index contributed by atoms with van der Waals surface area (Å²) in [6.07, 6.45) is 1.06. The number of rotatable bonds is 3. The normalized spacial score (nSPS) is 10.2. The second-order valence-corrected chi connectivity index (χ2v) is 4.74. The molecule has 0 saturated carbocycles. The number of phenols is 1. The number of amides is 1. The van der Waals surface area contributed by atoms with Crippen molar-refractivity contribution in [3.8, 4) is 5.75 Å². The molecule has 1 amide bonds. The summed E-state index contributed by atoms with van der Waals surface area (Å²) in [7, 11) is 0. The first-order valence-electron chi connectivity index (χ1n) is 5.48. The van der Waals surface area contributed by atoms with Gasteiger partial charge >= 0.3 is 5.82 Å². The molecule has 0 fully saturated rings. The smallest absolute Gasteiger partial charge is 0.365 e. The lowest BCUT2D eigenvalue weighted by Gasteiger charge is -2.07. The van der Waals surface area contributed by atoms with Gasteiger partial charge in [0.2, 0.25) is 0 Å². The van der Waals surface area contributed by atoms with Crippen molar-refractivity contribution in [3.05, 3.63) is 56.2 Å². The first kappa shape index (κ1) is 15.0. The molecule has 0 radical (unpaired) electrons. The van der Waals surface area contributed by atoms with Crippen molar-refractivity contribution in [2.24, 2.45) is 0 Å². The van der Waals surface area contributed by atoms with E-state index in [1.165, 1.54) is 18.2 Å². The van der Waals surface area contributed by atoms with Crippen molar-refractivity contribution >= 4 is 40.6 Å². The van der Waals surface area contributed by atoms with E-state index in [9.17, 15) is 20.0 Å². The van der Waals surface area contributed by atoms with Crippen LogP contribution in [-0.2, 0) is 0 Å². The minimum atomic E-state index is -0.708. The Hall–Kier alpha value is -2.38. The number of aromatic hydroxyl groups is 1. The lowest BCUT2D eigenvalue weighted by Crippen LogP contribution is -2.13. The number of nitrogens with one attached hydrogen (secondary N) is 1. The minimum absolute atomic E-state index is 0.0495. The Morgan fingerprint density at radius 2 is 2.05 bits per heavy atom. The molecule has 0 atom stereocenters. The Balaban J connectivity index is 2.27. The zero-order chi connectivity index (χ0) is 15.6. The molecule has 0 bridgehead atoms. The summed E-state index contributed by atoms with van der Waals surface area (Å²) < 4.78 is 0. The third kappa shape index (κ3) is 3.39. The van der Waals surface area contributed by atoms with Crippen LogP contribution >= 0.6 is 23.2 Å². The number of aromatic nitrogens is 1. The van der Waals surface area contributed by atoms with Gasteiger partial charge in [-0.15, -0.1) is 0 Å². The van der Waals surface area contributed by atoms with Crippen LogP contribution in [-0.4, -0.2) is 20.9 Å². The van der Waals surface area contributed by atoms with Gasteiger partial charge in [-0.05, 0) is 28.1 Å². The van der Waals surface area contributed by atoms with Gasteiger partial charge in [0.25, 0.3) is 5.91 Å². The molecule has 1 aromatic carbocycles. The van der Waals surface area contributed by atoms with Crippen LogP contribution in [0.15, 0.2) is 30.5 Å². The van der Waals surface area contributed by atoms with E-state index in [-0.39, 0.29) is 27.0 Å². The van der Waals surface area contributed by atoms with Crippen LogP contribution in [0, 0.1) is 10.1 Å². The maximum absolute atomic E-state index is 12.0. The number of nitrogens with zero attached hydrogens (tertiary/aromatic N) is 2. The van der Waals surface area contributed by atoms with E-state index >= 15 is 0 Å². The number of nitro groups is 1. The fourth-order valence-corrected chi connectivity index (χ4v) is 1.86. The molecule has 2 N–H and O–H groups in total. The minimum Gasteiger partial charge on any atom is -0.507 e. The second-order valence-electron chi connectivity index (χ2n) is 3.90. The number of benzene rings is 1. The highest BCUT2D eigenvalue weighted by Crippen LogP contribution is 2.27. The van der Waals surface area contributed by atoms with Crippen LogP contribution in [0.1, 0.15) is 10.4 Å². The molecule has 1 aromatic heterocycles. The van der Waals surface area contributed by atoms with Crippen molar-refractivity contribution in [3.63, 3.8) is 0 Å². The molecule has 9 heteroatoms. The Morgan fingerprint density at radius 3 is 2.67 bits per heavy atom. The molecular formula is C12H7Cl2N3O4. The van der Waals surface area contributed by atoms with Gasteiger partial charge < -0.3 is 20.5 Å². The zero-order valence-corrected chi connectivity index (χ0v) is 11.7. The molecule has 21 heavy (non-hydrogen) atoms. The van der Waals surface area contributed by atoms with Gasteiger partial charge in [-0.25, -0.2) is 0 Å². The maximum Gasteiger partial charge on any atom is 0.365 e. The Kier molecular flexibility index (Phi) is 4.25. The third-order valence-corrected chi connectivity index (χ3v) is 3.03. The number of halogens is 2. The van der Waals surface area contributed by atoms with E-state index in [2.05, 4.69) is 10.3 Å². The van der Waals surface area contributed by atoms with Gasteiger partial charge in [0, 0.05) is 5.02 Å². The van der Waals surface area contributed by atoms with E-state index in [0.29, 0.717) is 0 Å². The largest absolute Gasteiger partial charge is 0.507 e. The summed E-state index contributed by atoms with van der Waals surface area (Å²) >= 11 is 11.6. The summed E-state index contributed by atoms with van der Waals surface area (Å²) in [4.78, 5) is 25.4. The van der Waals surface area contributed by atoms with E-state index in [4.69, 9.17) is 23.2 Å². The van der Waals surface area contributed by atoms with E-state index in [1.54, 1.807) is 0 Å². The van der Waals surface area contributed by atoms with Crippen LogP contribution in [0.3, 0.4) is 0 Å². The molecule has 0 aliphatic rings. The zero-order valence-electron chi connectivity index (χ0n) is 10.2. The first-order chi connectivity index (χ1) is 9.88. The Labute approximate surface area is 128 Å².